The van der Waals surface area contributed by atoms with Crippen molar-refractivity contribution in [2.45, 2.75) is 26.3 Å². The molecule has 0 aliphatic heterocycles. The van der Waals surface area contributed by atoms with Gasteiger partial charge in [0.05, 0.1) is 6.16 Å². The van der Waals surface area contributed by atoms with Crippen LogP contribution in [0.4, 0.5) is 0 Å². The molecule has 0 saturated heterocycles. The number of nitrogens with zero attached hydrogens (tertiary/aromatic N) is 1. The van der Waals surface area contributed by atoms with Crippen LogP contribution < -0.4 is 0 Å². The van der Waals surface area contributed by atoms with Gasteiger partial charge in [-0.05, 0) is 20.8 Å². The molecule has 88 valence electrons. The van der Waals surface area contributed by atoms with Crippen LogP contribution in [0.1, 0.15) is 20.8 Å². The highest BCUT2D eigenvalue weighted by Crippen LogP contribution is 2.40. The lowest BCUT2D eigenvalue weighted by Crippen LogP contribution is -2.47. The van der Waals surface area contributed by atoms with Crippen molar-refractivity contribution < 1.29 is 19.1 Å². The SMILES string of the molecule is C=C(C)C(=O)N(C)C(C)(C)CP(=O)(O)O. The van der Waals surface area contributed by atoms with Crippen molar-refractivity contribution in [1.82, 2.24) is 4.90 Å². The number of rotatable bonds is 4. The third kappa shape index (κ3) is 4.60. The van der Waals surface area contributed by atoms with Crippen molar-refractivity contribution in [2.75, 3.05) is 13.2 Å². The first-order valence-electron chi connectivity index (χ1n) is 4.45. The smallest absolute Gasteiger partial charge is 0.327 e. The van der Waals surface area contributed by atoms with Gasteiger partial charge in [0.1, 0.15) is 0 Å². The Morgan fingerprint density at radius 1 is 1.47 bits per heavy atom. The first-order valence-corrected chi connectivity index (χ1v) is 6.25. The van der Waals surface area contributed by atoms with E-state index in [1.807, 2.05) is 0 Å². The molecule has 5 nitrogen and oxygen atoms in total. The Balaban J connectivity index is 4.81. The van der Waals surface area contributed by atoms with Crippen LogP contribution in [-0.2, 0) is 9.36 Å². The zero-order valence-electron chi connectivity index (χ0n) is 9.52. The molecule has 1 amide bonds. The molecule has 0 atom stereocenters. The van der Waals surface area contributed by atoms with Crippen molar-refractivity contribution in [3.05, 3.63) is 12.2 Å². The van der Waals surface area contributed by atoms with Crippen molar-refractivity contribution >= 4 is 13.5 Å². The first-order chi connectivity index (χ1) is 6.47. The molecule has 0 rings (SSSR count). The van der Waals surface area contributed by atoms with Gasteiger partial charge in [0.15, 0.2) is 0 Å². The number of carbonyl (C=O) groups excluding carboxylic acids is 1. The van der Waals surface area contributed by atoms with Crippen LogP contribution in [0.25, 0.3) is 0 Å². The van der Waals surface area contributed by atoms with Gasteiger partial charge < -0.3 is 14.7 Å². The van der Waals surface area contributed by atoms with E-state index in [-0.39, 0.29) is 12.1 Å². The van der Waals surface area contributed by atoms with Gasteiger partial charge in [-0.3, -0.25) is 9.36 Å². The van der Waals surface area contributed by atoms with Gasteiger partial charge in [-0.2, -0.15) is 0 Å². The second-order valence-electron chi connectivity index (χ2n) is 4.28. The summed E-state index contributed by atoms with van der Waals surface area (Å²) in [7, 11) is -2.63. The molecule has 0 radical (unpaired) electrons. The normalized spacial score (nSPS) is 12.4. The minimum absolute atomic E-state index is 0.312. The lowest BCUT2D eigenvalue weighted by molar-refractivity contribution is -0.129. The van der Waals surface area contributed by atoms with E-state index in [1.165, 1.54) is 11.9 Å². The van der Waals surface area contributed by atoms with Crippen molar-refractivity contribution in [3.63, 3.8) is 0 Å². The summed E-state index contributed by atoms with van der Waals surface area (Å²) < 4.78 is 10.9. The topological polar surface area (TPSA) is 77.8 Å². The average molecular weight is 235 g/mol. The third-order valence-corrected chi connectivity index (χ3v) is 3.36. The Labute approximate surface area is 89.9 Å². The number of hydrogen-bond acceptors (Lipinski definition) is 2. The van der Waals surface area contributed by atoms with E-state index in [0.29, 0.717) is 5.57 Å². The maximum absolute atomic E-state index is 11.5. The van der Waals surface area contributed by atoms with Gasteiger partial charge in [-0.15, -0.1) is 0 Å². The molecule has 0 aromatic heterocycles. The second kappa shape index (κ2) is 4.47. The molecule has 0 aliphatic carbocycles. The molecule has 0 aromatic carbocycles. The van der Waals surface area contributed by atoms with Crippen LogP contribution in [0.2, 0.25) is 0 Å². The van der Waals surface area contributed by atoms with Gasteiger partial charge in [-0.1, -0.05) is 6.58 Å². The summed E-state index contributed by atoms with van der Waals surface area (Å²) in [5.41, 5.74) is -0.550. The van der Waals surface area contributed by atoms with E-state index >= 15 is 0 Å². The van der Waals surface area contributed by atoms with Crippen LogP contribution in [0.3, 0.4) is 0 Å². The van der Waals surface area contributed by atoms with Crippen molar-refractivity contribution in [2.24, 2.45) is 0 Å². The molecule has 0 heterocycles. The maximum atomic E-state index is 11.5. The van der Waals surface area contributed by atoms with Gasteiger partial charge in [-0.25, -0.2) is 0 Å². The molecule has 15 heavy (non-hydrogen) atoms. The molecule has 6 heteroatoms. The molecule has 0 unspecified atom stereocenters. The van der Waals surface area contributed by atoms with E-state index in [1.54, 1.807) is 20.8 Å². The zero-order chi connectivity index (χ0) is 12.4. The Morgan fingerprint density at radius 3 is 2.13 bits per heavy atom. The molecule has 0 aliphatic rings. The summed E-state index contributed by atoms with van der Waals surface area (Å²) in [6.45, 7) is 8.27. The summed E-state index contributed by atoms with van der Waals surface area (Å²) in [5.74, 6) is -0.312. The van der Waals surface area contributed by atoms with Crippen LogP contribution in [0.5, 0.6) is 0 Å². The van der Waals surface area contributed by atoms with Crippen molar-refractivity contribution in [1.29, 1.82) is 0 Å². The van der Waals surface area contributed by atoms with E-state index in [9.17, 15) is 9.36 Å². The van der Waals surface area contributed by atoms with Gasteiger partial charge in [0.2, 0.25) is 5.91 Å². The second-order valence-corrected chi connectivity index (χ2v) is 5.93. The predicted octanol–water partition coefficient (Wildman–Crippen LogP) is 0.977. The largest absolute Gasteiger partial charge is 0.336 e. The fraction of sp³-hybridized carbons (Fsp3) is 0.667. The maximum Gasteiger partial charge on any atom is 0.327 e. The van der Waals surface area contributed by atoms with Crippen LogP contribution in [-0.4, -0.2) is 39.3 Å². The Kier molecular flexibility index (Phi) is 4.28. The minimum Gasteiger partial charge on any atom is -0.336 e. The average Bonchev–Trinajstić information content (AvgIpc) is 1.96. The van der Waals surface area contributed by atoms with Crippen LogP contribution in [0.15, 0.2) is 12.2 Å². The molecule has 0 spiro atoms. The first kappa shape index (κ1) is 14.4. The summed E-state index contributed by atoms with van der Waals surface area (Å²) in [5, 5.41) is 0. The van der Waals surface area contributed by atoms with E-state index in [4.69, 9.17) is 9.79 Å². The summed E-state index contributed by atoms with van der Waals surface area (Å²) in [6.07, 6.45) is -0.366. The molecule has 0 fully saturated rings. The lowest BCUT2D eigenvalue weighted by Gasteiger charge is -2.35. The Bertz CT molecular complexity index is 318. The highest BCUT2D eigenvalue weighted by Gasteiger charge is 2.34. The third-order valence-electron chi connectivity index (χ3n) is 2.17. The molecule has 0 bridgehead atoms. The monoisotopic (exact) mass is 235 g/mol. The standard InChI is InChI=1S/C9H18NO4P/c1-7(2)8(11)10(5)9(3,4)6-15(12,13)14/h1,6H2,2-5H3,(H2,12,13,14). The van der Waals surface area contributed by atoms with Crippen LogP contribution in [0, 0.1) is 0 Å². The van der Waals surface area contributed by atoms with Gasteiger partial charge in [0.25, 0.3) is 0 Å². The molecular weight excluding hydrogens is 217 g/mol. The molecule has 0 aromatic rings. The highest BCUT2D eigenvalue weighted by atomic mass is 31.2. The predicted molar refractivity (Wildman–Crippen MR) is 58.6 cm³/mol. The fourth-order valence-corrected chi connectivity index (χ4v) is 2.39. The number of likely N-dealkylation sites (N-methyl/N-ethyl adjacent to an activating group) is 1. The number of amides is 1. The van der Waals surface area contributed by atoms with Gasteiger partial charge >= 0.3 is 7.60 Å². The molecule has 2 N–H and O–H groups in total. The lowest BCUT2D eigenvalue weighted by atomic mass is 10.1. The van der Waals surface area contributed by atoms with E-state index < -0.39 is 13.1 Å². The molecule has 0 saturated carbocycles. The highest BCUT2D eigenvalue weighted by molar-refractivity contribution is 7.51. The molecular formula is C9H18NO4P. The minimum atomic E-state index is -4.13. The van der Waals surface area contributed by atoms with Gasteiger partial charge in [0, 0.05) is 18.2 Å². The zero-order valence-corrected chi connectivity index (χ0v) is 10.4. The fourth-order valence-electron chi connectivity index (χ4n) is 1.17. The van der Waals surface area contributed by atoms with Crippen LogP contribution >= 0.6 is 7.60 Å². The summed E-state index contributed by atoms with van der Waals surface area (Å²) in [4.78, 5) is 30.6. The number of hydrogen-bond donors (Lipinski definition) is 2. The summed E-state index contributed by atoms with van der Waals surface area (Å²) in [6, 6.07) is 0. The Hall–Kier alpha value is -0.640. The Morgan fingerprint density at radius 2 is 1.87 bits per heavy atom. The van der Waals surface area contributed by atoms with Crippen molar-refractivity contribution in [3.8, 4) is 0 Å². The summed E-state index contributed by atoms with van der Waals surface area (Å²) >= 11 is 0. The number of carbonyl (C=O) groups is 1. The van der Waals surface area contributed by atoms with E-state index in [0.717, 1.165) is 0 Å². The quantitative estimate of drug-likeness (QED) is 0.562. The van der Waals surface area contributed by atoms with E-state index in [2.05, 4.69) is 6.58 Å².